The number of nitrogens with one attached hydrogen (secondary N) is 1. The Morgan fingerprint density at radius 1 is 0.796 bits per heavy atom. The average Bonchev–Trinajstić information content (AvgIpc) is 3.14. The van der Waals surface area contributed by atoms with Gasteiger partial charge in [-0.3, -0.25) is 9.59 Å². The summed E-state index contributed by atoms with van der Waals surface area (Å²) in [6, 6.07) is 33.9. The second-order valence-electron chi connectivity index (χ2n) is 11.8. The second kappa shape index (κ2) is 15.2. The third-order valence-corrected chi connectivity index (χ3v) is 8.41. The van der Waals surface area contributed by atoms with Crippen LogP contribution in [0.4, 0.5) is 10.1 Å². The van der Waals surface area contributed by atoms with Crippen molar-refractivity contribution in [3.05, 3.63) is 143 Å². The van der Waals surface area contributed by atoms with Crippen LogP contribution < -0.4 is 14.8 Å². The number of amides is 2. The summed E-state index contributed by atoms with van der Waals surface area (Å²) in [5, 5.41) is 12.0. The van der Waals surface area contributed by atoms with Crippen molar-refractivity contribution >= 4 is 17.5 Å². The molecule has 1 saturated heterocycles. The molecule has 1 heterocycles. The van der Waals surface area contributed by atoms with E-state index in [0.29, 0.717) is 37.2 Å². The van der Waals surface area contributed by atoms with Crippen LogP contribution in [0.15, 0.2) is 115 Å². The van der Waals surface area contributed by atoms with E-state index in [1.807, 2.05) is 89.8 Å². The van der Waals surface area contributed by atoms with Crippen molar-refractivity contribution in [3.63, 3.8) is 0 Å². The van der Waals surface area contributed by atoms with Crippen LogP contribution in [0.1, 0.15) is 44.7 Å². The minimum Gasteiger partial charge on any atom is -0.505 e. The van der Waals surface area contributed by atoms with Gasteiger partial charge in [-0.25, -0.2) is 4.39 Å². The number of nitrogens with zero attached hydrogens (tertiary/aromatic N) is 1. The first-order chi connectivity index (χ1) is 23.8. The van der Waals surface area contributed by atoms with Gasteiger partial charge in [-0.15, -0.1) is 12.3 Å². The molecule has 5 aromatic rings. The van der Waals surface area contributed by atoms with Gasteiger partial charge < -0.3 is 24.8 Å². The molecule has 6 rings (SSSR count). The summed E-state index contributed by atoms with van der Waals surface area (Å²) in [4.78, 5) is 27.4. The highest BCUT2D eigenvalue weighted by Crippen LogP contribution is 2.26. The zero-order valence-corrected chi connectivity index (χ0v) is 26.8. The Morgan fingerprint density at radius 2 is 1.39 bits per heavy atom. The molecule has 0 bridgehead atoms. The van der Waals surface area contributed by atoms with Gasteiger partial charge in [0.2, 0.25) is 0 Å². The summed E-state index contributed by atoms with van der Waals surface area (Å²) in [6.45, 7) is 1.70. The van der Waals surface area contributed by atoms with Crippen LogP contribution in [0.2, 0.25) is 0 Å². The number of carbonyl (C=O) groups is 2. The highest BCUT2D eigenvalue weighted by Gasteiger charge is 2.24. The third-order valence-electron chi connectivity index (χ3n) is 8.41. The summed E-state index contributed by atoms with van der Waals surface area (Å²) < 4.78 is 25.8. The van der Waals surface area contributed by atoms with Gasteiger partial charge in [-0.1, -0.05) is 48.5 Å². The van der Waals surface area contributed by atoms with E-state index in [2.05, 4.69) is 11.2 Å². The highest BCUT2D eigenvalue weighted by molar-refractivity contribution is 6.04. The topological polar surface area (TPSA) is 88.1 Å². The van der Waals surface area contributed by atoms with Gasteiger partial charge in [-0.2, -0.15) is 0 Å². The number of terminal acetylenes is 1. The average molecular weight is 655 g/mol. The SMILES string of the molecule is C#CCc1ccc(C(=O)N2CCC(Oc3ccc(COc4ccc(-c5ccc(C(=O)Nc6ccc(O)c(F)c6)cc5)cc4)cc3)CC2)cc1. The number of anilines is 1. The van der Waals surface area contributed by atoms with Gasteiger partial charge in [0.15, 0.2) is 11.6 Å². The second-order valence-corrected chi connectivity index (χ2v) is 11.8. The van der Waals surface area contributed by atoms with Crippen molar-refractivity contribution in [3.8, 4) is 40.7 Å². The number of aromatic hydroxyl groups is 1. The fourth-order valence-electron chi connectivity index (χ4n) is 5.61. The van der Waals surface area contributed by atoms with E-state index >= 15 is 0 Å². The van der Waals surface area contributed by atoms with Crippen molar-refractivity contribution in [2.75, 3.05) is 18.4 Å². The molecule has 1 aliphatic rings. The first-order valence-electron chi connectivity index (χ1n) is 16.0. The number of ether oxygens (including phenoxy) is 2. The van der Waals surface area contributed by atoms with E-state index in [-0.39, 0.29) is 23.6 Å². The van der Waals surface area contributed by atoms with E-state index in [0.717, 1.165) is 52.7 Å². The fourth-order valence-corrected chi connectivity index (χ4v) is 5.61. The predicted molar refractivity (Wildman–Crippen MR) is 187 cm³/mol. The number of benzene rings is 5. The van der Waals surface area contributed by atoms with E-state index in [1.165, 1.54) is 12.1 Å². The molecule has 7 nitrogen and oxygen atoms in total. The van der Waals surface area contributed by atoms with Crippen molar-refractivity contribution in [2.45, 2.75) is 32.0 Å². The van der Waals surface area contributed by atoms with Crippen LogP contribution in [-0.4, -0.2) is 41.0 Å². The Labute approximate surface area is 284 Å². The molecular formula is C41H35FN2O5. The lowest BCUT2D eigenvalue weighted by Gasteiger charge is -2.32. The smallest absolute Gasteiger partial charge is 0.255 e. The van der Waals surface area contributed by atoms with Gasteiger partial charge in [0, 0.05) is 55.2 Å². The number of hydrogen-bond donors (Lipinski definition) is 2. The summed E-state index contributed by atoms with van der Waals surface area (Å²) in [5.41, 5.74) is 5.28. The molecule has 2 N–H and O–H groups in total. The van der Waals surface area contributed by atoms with Crippen molar-refractivity contribution in [1.82, 2.24) is 4.90 Å². The standard InChI is InChI=1S/C41H35FN2O5/c1-2-3-28-4-8-33(9-5-28)41(47)44-24-22-37(23-25-44)49-36-17-6-29(7-18-36)27-48-35-19-14-31(15-20-35)30-10-12-32(13-11-30)40(46)43-34-16-21-39(45)38(42)26-34/h1,4-21,26,37,45H,3,22-25,27H2,(H,43,46). The molecule has 2 amide bonds. The molecule has 0 atom stereocenters. The lowest BCUT2D eigenvalue weighted by atomic mass is 10.0. The Bertz CT molecular complexity index is 1940. The van der Waals surface area contributed by atoms with Gasteiger partial charge in [0.05, 0.1) is 0 Å². The van der Waals surface area contributed by atoms with E-state index in [4.69, 9.17) is 15.9 Å². The zero-order valence-electron chi connectivity index (χ0n) is 26.8. The number of halogens is 1. The number of hydrogen-bond acceptors (Lipinski definition) is 5. The molecule has 1 aliphatic heterocycles. The molecule has 49 heavy (non-hydrogen) atoms. The quantitative estimate of drug-likeness (QED) is 0.118. The van der Waals surface area contributed by atoms with Crippen LogP contribution >= 0.6 is 0 Å². The Morgan fingerprint density at radius 3 is 2.02 bits per heavy atom. The molecule has 0 spiro atoms. The van der Waals surface area contributed by atoms with Gasteiger partial charge >= 0.3 is 0 Å². The normalized spacial score (nSPS) is 12.9. The summed E-state index contributed by atoms with van der Waals surface area (Å²) in [5.74, 6) is 2.52. The molecule has 5 aromatic carbocycles. The summed E-state index contributed by atoms with van der Waals surface area (Å²) in [7, 11) is 0. The summed E-state index contributed by atoms with van der Waals surface area (Å²) in [6.07, 6.45) is 7.51. The number of phenols is 1. The van der Waals surface area contributed by atoms with Crippen molar-refractivity contribution in [2.24, 2.45) is 0 Å². The number of likely N-dealkylation sites (tertiary alicyclic amines) is 1. The first kappa shape index (κ1) is 32.9. The number of phenolic OH excluding ortho intramolecular Hbond substituents is 1. The van der Waals surface area contributed by atoms with Crippen molar-refractivity contribution in [1.29, 1.82) is 0 Å². The number of rotatable bonds is 10. The fraction of sp³-hybridized carbons (Fsp3) is 0.171. The van der Waals surface area contributed by atoms with Gasteiger partial charge in [0.25, 0.3) is 11.8 Å². The van der Waals surface area contributed by atoms with Crippen LogP contribution in [0.3, 0.4) is 0 Å². The number of piperidine rings is 1. The molecule has 0 aromatic heterocycles. The maximum atomic E-state index is 13.6. The monoisotopic (exact) mass is 654 g/mol. The first-order valence-corrected chi connectivity index (χ1v) is 16.0. The van der Waals surface area contributed by atoms with Crippen LogP contribution in [-0.2, 0) is 13.0 Å². The maximum absolute atomic E-state index is 13.6. The maximum Gasteiger partial charge on any atom is 0.255 e. The van der Waals surface area contributed by atoms with Crippen LogP contribution in [0, 0.1) is 18.2 Å². The predicted octanol–water partition coefficient (Wildman–Crippen LogP) is 7.89. The zero-order chi connectivity index (χ0) is 34.2. The van der Waals surface area contributed by atoms with Crippen LogP contribution in [0.5, 0.6) is 17.2 Å². The molecule has 0 saturated carbocycles. The van der Waals surface area contributed by atoms with E-state index in [1.54, 1.807) is 12.1 Å². The highest BCUT2D eigenvalue weighted by atomic mass is 19.1. The minimum absolute atomic E-state index is 0.0357. The molecule has 246 valence electrons. The summed E-state index contributed by atoms with van der Waals surface area (Å²) >= 11 is 0. The molecule has 0 aliphatic carbocycles. The minimum atomic E-state index is -0.802. The number of carbonyl (C=O) groups excluding carboxylic acids is 2. The van der Waals surface area contributed by atoms with Gasteiger partial charge in [-0.05, 0) is 82.9 Å². The molecule has 1 fully saturated rings. The Balaban J connectivity index is 0.942. The molecule has 0 unspecified atom stereocenters. The molecule has 8 heteroatoms. The Kier molecular flexibility index (Phi) is 10.2. The van der Waals surface area contributed by atoms with Crippen molar-refractivity contribution < 1.29 is 28.6 Å². The Hall–Kier alpha value is -6.07. The van der Waals surface area contributed by atoms with E-state index < -0.39 is 11.6 Å². The lowest BCUT2D eigenvalue weighted by molar-refractivity contribution is 0.0595. The molecule has 0 radical (unpaired) electrons. The van der Waals surface area contributed by atoms with Gasteiger partial charge in [0.1, 0.15) is 24.2 Å². The van der Waals surface area contributed by atoms with Crippen LogP contribution in [0.25, 0.3) is 11.1 Å². The largest absolute Gasteiger partial charge is 0.505 e. The lowest BCUT2D eigenvalue weighted by Crippen LogP contribution is -2.41. The van der Waals surface area contributed by atoms with E-state index in [9.17, 15) is 19.1 Å². The third kappa shape index (κ3) is 8.45. The molecular weight excluding hydrogens is 619 g/mol.